The maximum Gasteiger partial charge on any atom is 0.195 e. The van der Waals surface area contributed by atoms with Crippen LogP contribution < -0.4 is 14.2 Å². The molecule has 3 aromatic rings. The largest absolute Gasteiger partial charge is 0.496 e. The molecule has 0 unspecified atom stereocenters. The zero-order valence-electron chi connectivity index (χ0n) is 15.9. The van der Waals surface area contributed by atoms with Gasteiger partial charge in [0.15, 0.2) is 17.3 Å². The van der Waals surface area contributed by atoms with Gasteiger partial charge in [-0.25, -0.2) is 0 Å². The van der Waals surface area contributed by atoms with E-state index < -0.39 is 0 Å². The predicted octanol–water partition coefficient (Wildman–Crippen LogP) is 5.63. The molecule has 3 rings (SSSR count). The third-order valence-corrected chi connectivity index (χ3v) is 4.91. The van der Waals surface area contributed by atoms with Gasteiger partial charge >= 0.3 is 0 Å². The van der Waals surface area contributed by atoms with Gasteiger partial charge in [0.25, 0.3) is 0 Å². The van der Waals surface area contributed by atoms with Crippen LogP contribution in [0.2, 0.25) is 0 Å². The van der Waals surface area contributed by atoms with Crippen LogP contribution in [0.5, 0.6) is 17.2 Å². The highest BCUT2D eigenvalue weighted by atomic mass is 32.1. The Balaban J connectivity index is 1.75. The monoisotopic (exact) mass is 394 g/mol. The molecule has 0 saturated carbocycles. The van der Waals surface area contributed by atoms with Crippen molar-refractivity contribution in [3.63, 3.8) is 0 Å². The highest BCUT2D eigenvalue weighted by molar-refractivity contribution is 7.12. The first-order valence-corrected chi connectivity index (χ1v) is 9.86. The molecule has 0 aliphatic rings. The lowest BCUT2D eigenvalue weighted by Crippen LogP contribution is -2.01. The number of methoxy groups -OCH3 is 1. The number of ketones is 1. The van der Waals surface area contributed by atoms with Gasteiger partial charge in [0, 0.05) is 5.56 Å². The average Bonchev–Trinajstić information content (AvgIpc) is 3.26. The number of para-hydroxylation sites is 2. The molecule has 0 amide bonds. The van der Waals surface area contributed by atoms with Crippen LogP contribution in [-0.4, -0.2) is 19.5 Å². The fourth-order valence-electron chi connectivity index (χ4n) is 2.69. The van der Waals surface area contributed by atoms with Crippen LogP contribution in [0.4, 0.5) is 0 Å². The SMILES string of the molecule is CCOc1ccccc1OCc1cc(/C=C/C(=O)c2cccs2)ccc1OC. The van der Waals surface area contributed by atoms with Crippen molar-refractivity contribution in [3.05, 3.63) is 82.1 Å². The van der Waals surface area contributed by atoms with E-state index in [-0.39, 0.29) is 5.78 Å². The van der Waals surface area contributed by atoms with Crippen LogP contribution in [0.25, 0.3) is 6.08 Å². The van der Waals surface area contributed by atoms with Gasteiger partial charge in [-0.2, -0.15) is 0 Å². The minimum atomic E-state index is -0.00532. The molecule has 0 fully saturated rings. The summed E-state index contributed by atoms with van der Waals surface area (Å²) in [6, 6.07) is 17.0. The molecule has 2 aromatic carbocycles. The lowest BCUT2D eigenvalue weighted by atomic mass is 10.1. The lowest BCUT2D eigenvalue weighted by Gasteiger charge is -2.14. The Morgan fingerprint density at radius 1 is 1.00 bits per heavy atom. The van der Waals surface area contributed by atoms with Crippen molar-refractivity contribution in [2.75, 3.05) is 13.7 Å². The zero-order chi connectivity index (χ0) is 19.8. The highest BCUT2D eigenvalue weighted by Crippen LogP contribution is 2.29. The Morgan fingerprint density at radius 3 is 2.46 bits per heavy atom. The molecule has 0 spiro atoms. The molecule has 0 aliphatic heterocycles. The van der Waals surface area contributed by atoms with Crippen molar-refractivity contribution < 1.29 is 19.0 Å². The van der Waals surface area contributed by atoms with Gasteiger partial charge in [0.05, 0.1) is 18.6 Å². The summed E-state index contributed by atoms with van der Waals surface area (Å²) in [4.78, 5) is 12.9. The van der Waals surface area contributed by atoms with Gasteiger partial charge in [0.1, 0.15) is 12.4 Å². The second-order valence-corrected chi connectivity index (χ2v) is 6.86. The zero-order valence-corrected chi connectivity index (χ0v) is 16.7. The molecule has 0 atom stereocenters. The third kappa shape index (κ3) is 5.02. The summed E-state index contributed by atoms with van der Waals surface area (Å²) in [5.41, 5.74) is 1.79. The topological polar surface area (TPSA) is 44.8 Å². The second-order valence-electron chi connectivity index (χ2n) is 5.91. The molecule has 4 nitrogen and oxygen atoms in total. The van der Waals surface area contributed by atoms with Gasteiger partial charge in [-0.05, 0) is 54.3 Å². The normalized spacial score (nSPS) is 10.8. The summed E-state index contributed by atoms with van der Waals surface area (Å²) in [6.07, 6.45) is 3.39. The first-order chi connectivity index (χ1) is 13.7. The maximum atomic E-state index is 12.2. The molecule has 0 radical (unpaired) electrons. The van der Waals surface area contributed by atoms with Gasteiger partial charge in [-0.3, -0.25) is 4.79 Å². The first-order valence-electron chi connectivity index (χ1n) is 8.98. The van der Waals surface area contributed by atoms with Crippen LogP contribution in [-0.2, 0) is 6.61 Å². The van der Waals surface area contributed by atoms with E-state index in [1.807, 2.05) is 66.9 Å². The molecule has 1 aromatic heterocycles. The minimum absolute atomic E-state index is 0.00532. The molecule has 1 heterocycles. The summed E-state index contributed by atoms with van der Waals surface area (Å²) >= 11 is 1.43. The summed E-state index contributed by atoms with van der Waals surface area (Å²) in [5.74, 6) is 2.12. The fraction of sp³-hybridized carbons (Fsp3) is 0.174. The van der Waals surface area contributed by atoms with E-state index in [0.717, 1.165) is 21.8 Å². The molecule has 5 heteroatoms. The van der Waals surface area contributed by atoms with Crippen LogP contribution in [0.1, 0.15) is 27.7 Å². The van der Waals surface area contributed by atoms with E-state index in [4.69, 9.17) is 14.2 Å². The number of carbonyl (C=O) groups excluding carboxylic acids is 1. The highest BCUT2D eigenvalue weighted by Gasteiger charge is 2.09. The Labute approximate surface area is 169 Å². The van der Waals surface area contributed by atoms with E-state index in [9.17, 15) is 4.79 Å². The van der Waals surface area contributed by atoms with Crippen molar-refractivity contribution >= 4 is 23.2 Å². The number of benzene rings is 2. The van der Waals surface area contributed by atoms with Crippen molar-refractivity contribution in [3.8, 4) is 17.2 Å². The van der Waals surface area contributed by atoms with Crippen LogP contribution >= 0.6 is 11.3 Å². The van der Waals surface area contributed by atoms with E-state index in [1.54, 1.807) is 19.3 Å². The summed E-state index contributed by atoms with van der Waals surface area (Å²) in [6.45, 7) is 2.84. The van der Waals surface area contributed by atoms with Gasteiger partial charge in [-0.15, -0.1) is 11.3 Å². The number of hydrogen-bond donors (Lipinski definition) is 0. The molecule has 0 aliphatic carbocycles. The maximum absolute atomic E-state index is 12.2. The number of carbonyl (C=O) groups is 1. The Morgan fingerprint density at radius 2 is 1.79 bits per heavy atom. The van der Waals surface area contributed by atoms with E-state index in [1.165, 1.54) is 11.3 Å². The van der Waals surface area contributed by atoms with Crippen LogP contribution in [0.15, 0.2) is 66.1 Å². The minimum Gasteiger partial charge on any atom is -0.496 e. The standard InChI is InChI=1S/C23H22O4S/c1-3-26-21-7-4-5-8-22(21)27-16-18-15-17(11-13-20(18)25-2)10-12-19(24)23-9-6-14-28-23/h4-15H,3,16H2,1-2H3/b12-10+. The molecule has 0 bridgehead atoms. The molecule has 28 heavy (non-hydrogen) atoms. The van der Waals surface area contributed by atoms with Gasteiger partial charge in [0.2, 0.25) is 0 Å². The molecule has 0 N–H and O–H groups in total. The van der Waals surface area contributed by atoms with E-state index in [2.05, 4.69) is 0 Å². The average molecular weight is 394 g/mol. The first kappa shape index (κ1) is 19.7. The van der Waals surface area contributed by atoms with Crippen molar-refractivity contribution in [2.45, 2.75) is 13.5 Å². The second kappa shape index (κ2) is 9.76. The van der Waals surface area contributed by atoms with Crippen molar-refractivity contribution in [1.82, 2.24) is 0 Å². The number of hydrogen-bond acceptors (Lipinski definition) is 5. The third-order valence-electron chi connectivity index (χ3n) is 4.03. The van der Waals surface area contributed by atoms with Crippen LogP contribution in [0, 0.1) is 0 Å². The van der Waals surface area contributed by atoms with Crippen molar-refractivity contribution in [1.29, 1.82) is 0 Å². The van der Waals surface area contributed by atoms with Gasteiger partial charge < -0.3 is 14.2 Å². The van der Waals surface area contributed by atoms with Crippen molar-refractivity contribution in [2.24, 2.45) is 0 Å². The number of rotatable bonds is 9. The number of ether oxygens (including phenoxy) is 3. The Hall–Kier alpha value is -3.05. The van der Waals surface area contributed by atoms with Crippen LogP contribution in [0.3, 0.4) is 0 Å². The Bertz CT molecular complexity index is 945. The quantitative estimate of drug-likeness (QED) is 0.348. The molecular formula is C23H22O4S. The number of allylic oxidation sites excluding steroid dienone is 1. The predicted molar refractivity (Wildman–Crippen MR) is 113 cm³/mol. The lowest BCUT2D eigenvalue weighted by molar-refractivity contribution is 0.105. The summed E-state index contributed by atoms with van der Waals surface area (Å²) < 4.78 is 17.0. The molecule has 144 valence electrons. The number of thiophene rings is 1. The summed E-state index contributed by atoms with van der Waals surface area (Å²) in [5, 5.41) is 1.89. The molecule has 0 saturated heterocycles. The van der Waals surface area contributed by atoms with E-state index >= 15 is 0 Å². The van der Waals surface area contributed by atoms with Gasteiger partial charge in [-0.1, -0.05) is 30.3 Å². The fourth-order valence-corrected chi connectivity index (χ4v) is 3.33. The smallest absolute Gasteiger partial charge is 0.195 e. The van der Waals surface area contributed by atoms with E-state index in [0.29, 0.717) is 24.7 Å². The Kier molecular flexibility index (Phi) is 6.87. The molecular weight excluding hydrogens is 372 g/mol. The summed E-state index contributed by atoms with van der Waals surface area (Å²) in [7, 11) is 1.63.